The lowest BCUT2D eigenvalue weighted by molar-refractivity contribution is -0.384. The van der Waals surface area contributed by atoms with Crippen molar-refractivity contribution in [1.82, 2.24) is 4.98 Å². The van der Waals surface area contributed by atoms with Gasteiger partial charge in [-0.1, -0.05) is 43.2 Å². The molecule has 2 aromatic carbocycles. The number of esters is 1. The van der Waals surface area contributed by atoms with Gasteiger partial charge in [-0.3, -0.25) is 10.1 Å². The van der Waals surface area contributed by atoms with E-state index in [1.165, 1.54) is 17.4 Å². The van der Waals surface area contributed by atoms with Crippen LogP contribution in [0.5, 0.6) is 0 Å². The number of hydrogen-bond donors (Lipinski definition) is 0. The third kappa shape index (κ3) is 5.08. The first-order chi connectivity index (χ1) is 15.1. The minimum Gasteiger partial charge on any atom is -0.456 e. The summed E-state index contributed by atoms with van der Waals surface area (Å²) in [5.74, 6) is -0.597. The fourth-order valence-corrected chi connectivity index (χ4v) is 4.50. The first kappa shape index (κ1) is 21.0. The van der Waals surface area contributed by atoms with Crippen LogP contribution in [-0.2, 0) is 11.3 Å². The molecule has 0 bridgehead atoms. The van der Waals surface area contributed by atoms with E-state index in [2.05, 4.69) is 4.98 Å². The van der Waals surface area contributed by atoms with Crippen molar-refractivity contribution >= 4 is 28.7 Å². The number of nitrogens with zero attached hydrogens (tertiary/aromatic N) is 3. The van der Waals surface area contributed by atoms with Crippen LogP contribution in [0.4, 0.5) is 11.4 Å². The summed E-state index contributed by atoms with van der Waals surface area (Å²) in [6.07, 6.45) is 4.30. The number of nitro groups is 1. The zero-order chi connectivity index (χ0) is 21.6. The molecule has 0 N–H and O–H groups in total. The molecular weight excluding hydrogens is 414 g/mol. The number of benzene rings is 2. The highest BCUT2D eigenvalue weighted by Crippen LogP contribution is 2.31. The second-order valence-electron chi connectivity index (χ2n) is 7.45. The number of carbonyl (C=O) groups excluding carboxylic acids is 1. The second-order valence-corrected chi connectivity index (χ2v) is 8.31. The van der Waals surface area contributed by atoms with Crippen LogP contribution in [0.3, 0.4) is 0 Å². The maximum atomic E-state index is 12.5. The van der Waals surface area contributed by atoms with Crippen LogP contribution in [0.15, 0.2) is 53.9 Å². The van der Waals surface area contributed by atoms with Gasteiger partial charge < -0.3 is 9.64 Å². The number of rotatable bonds is 6. The van der Waals surface area contributed by atoms with Crippen molar-refractivity contribution in [3.05, 3.63) is 75.3 Å². The van der Waals surface area contributed by atoms with Crippen LogP contribution in [0, 0.1) is 10.1 Å². The van der Waals surface area contributed by atoms with Gasteiger partial charge in [-0.05, 0) is 25.0 Å². The molecule has 2 heterocycles. The molecule has 1 aliphatic heterocycles. The maximum absolute atomic E-state index is 12.5. The molecule has 0 radical (unpaired) electrons. The summed E-state index contributed by atoms with van der Waals surface area (Å²) in [7, 11) is 0. The van der Waals surface area contributed by atoms with Gasteiger partial charge in [0.1, 0.15) is 17.3 Å². The van der Waals surface area contributed by atoms with E-state index in [0.29, 0.717) is 11.4 Å². The highest BCUT2D eigenvalue weighted by atomic mass is 32.1. The number of hydrogen-bond acceptors (Lipinski definition) is 7. The standard InChI is InChI=1S/C23H23N3O4S/c27-23(30-15-19-16-31-22(24-19)17-8-4-3-5-9-17)18-10-11-20(21(14-18)26(28)29)25-12-6-1-2-7-13-25/h3-5,8-11,14,16H,1-2,6-7,12-13,15H2. The van der Waals surface area contributed by atoms with E-state index in [-0.39, 0.29) is 17.9 Å². The fourth-order valence-electron chi connectivity index (χ4n) is 3.69. The Kier molecular flexibility index (Phi) is 6.57. The Morgan fingerprint density at radius 1 is 1.10 bits per heavy atom. The Balaban J connectivity index is 1.45. The Labute approximate surface area is 184 Å². The van der Waals surface area contributed by atoms with Gasteiger partial charge in [-0.15, -0.1) is 11.3 Å². The molecule has 0 aliphatic carbocycles. The summed E-state index contributed by atoms with van der Waals surface area (Å²) < 4.78 is 5.37. The number of nitro benzene ring substituents is 1. The fraction of sp³-hybridized carbons (Fsp3) is 0.304. The van der Waals surface area contributed by atoms with Crippen LogP contribution < -0.4 is 4.90 Å². The Hall–Kier alpha value is -3.26. The summed E-state index contributed by atoms with van der Waals surface area (Å²) >= 11 is 1.48. The number of ether oxygens (including phenoxy) is 1. The molecule has 1 aliphatic rings. The minimum absolute atomic E-state index is 0.0177. The van der Waals surface area contributed by atoms with Gasteiger partial charge in [0.25, 0.3) is 5.69 Å². The predicted octanol–water partition coefficient (Wildman–Crippen LogP) is 5.46. The van der Waals surface area contributed by atoms with Gasteiger partial charge in [-0.2, -0.15) is 0 Å². The zero-order valence-electron chi connectivity index (χ0n) is 17.0. The molecule has 31 heavy (non-hydrogen) atoms. The van der Waals surface area contributed by atoms with Gasteiger partial charge in [0, 0.05) is 30.1 Å². The van der Waals surface area contributed by atoms with Crippen LogP contribution >= 0.6 is 11.3 Å². The lowest BCUT2D eigenvalue weighted by atomic mass is 10.1. The van der Waals surface area contributed by atoms with Crippen molar-refractivity contribution in [3.8, 4) is 10.6 Å². The highest BCUT2D eigenvalue weighted by Gasteiger charge is 2.23. The Morgan fingerprint density at radius 2 is 1.84 bits per heavy atom. The molecule has 0 unspecified atom stereocenters. The van der Waals surface area contributed by atoms with Crippen molar-refractivity contribution in [2.24, 2.45) is 0 Å². The normalized spacial score (nSPS) is 14.1. The number of carbonyl (C=O) groups is 1. The van der Waals surface area contributed by atoms with Crippen molar-refractivity contribution < 1.29 is 14.5 Å². The molecule has 7 nitrogen and oxygen atoms in total. The van der Waals surface area contributed by atoms with E-state index in [9.17, 15) is 14.9 Å². The molecule has 3 aromatic rings. The molecule has 160 valence electrons. The average Bonchev–Trinajstić information content (AvgIpc) is 3.11. The topological polar surface area (TPSA) is 85.6 Å². The van der Waals surface area contributed by atoms with E-state index in [1.807, 2.05) is 40.6 Å². The van der Waals surface area contributed by atoms with E-state index in [1.54, 1.807) is 12.1 Å². The monoisotopic (exact) mass is 437 g/mol. The Bertz CT molecular complexity index is 1060. The molecular formula is C23H23N3O4S. The lowest BCUT2D eigenvalue weighted by Crippen LogP contribution is -2.24. The molecule has 1 fully saturated rings. The number of aromatic nitrogens is 1. The molecule has 0 saturated carbocycles. The largest absolute Gasteiger partial charge is 0.456 e. The first-order valence-electron chi connectivity index (χ1n) is 10.3. The quantitative estimate of drug-likeness (QED) is 0.289. The van der Waals surface area contributed by atoms with Crippen molar-refractivity contribution in [2.45, 2.75) is 32.3 Å². The van der Waals surface area contributed by atoms with Crippen LogP contribution in [0.1, 0.15) is 41.7 Å². The summed E-state index contributed by atoms with van der Waals surface area (Å²) in [6, 6.07) is 14.4. The molecule has 8 heteroatoms. The van der Waals surface area contributed by atoms with Crippen molar-refractivity contribution in [3.63, 3.8) is 0 Å². The van der Waals surface area contributed by atoms with E-state index >= 15 is 0 Å². The highest BCUT2D eigenvalue weighted by molar-refractivity contribution is 7.13. The summed E-state index contributed by atoms with van der Waals surface area (Å²) in [5.41, 5.74) is 2.33. The lowest BCUT2D eigenvalue weighted by Gasteiger charge is -2.22. The van der Waals surface area contributed by atoms with E-state index in [4.69, 9.17) is 4.74 Å². The minimum atomic E-state index is -0.597. The smallest absolute Gasteiger partial charge is 0.338 e. The number of anilines is 1. The third-order valence-corrected chi connectivity index (χ3v) is 6.22. The van der Waals surface area contributed by atoms with Crippen LogP contribution in [0.2, 0.25) is 0 Å². The average molecular weight is 438 g/mol. The first-order valence-corrected chi connectivity index (χ1v) is 11.2. The van der Waals surface area contributed by atoms with E-state index < -0.39 is 10.9 Å². The van der Waals surface area contributed by atoms with Crippen LogP contribution in [0.25, 0.3) is 10.6 Å². The summed E-state index contributed by atoms with van der Waals surface area (Å²) in [6.45, 7) is 1.60. The molecule has 1 saturated heterocycles. The number of thiazole rings is 1. The van der Waals surface area contributed by atoms with Gasteiger partial charge in [0.15, 0.2) is 0 Å². The molecule has 1 aromatic heterocycles. The molecule has 4 rings (SSSR count). The summed E-state index contributed by atoms with van der Waals surface area (Å²) in [5, 5.41) is 14.4. The second kappa shape index (κ2) is 9.70. The molecule has 0 amide bonds. The van der Waals surface area contributed by atoms with Gasteiger partial charge >= 0.3 is 5.97 Å². The van der Waals surface area contributed by atoms with Gasteiger partial charge in [0.05, 0.1) is 16.2 Å². The SMILES string of the molecule is O=C(OCc1csc(-c2ccccc2)n1)c1ccc(N2CCCCCC2)c([N+](=O)[O-])c1. The maximum Gasteiger partial charge on any atom is 0.338 e. The third-order valence-electron chi connectivity index (χ3n) is 5.28. The zero-order valence-corrected chi connectivity index (χ0v) is 17.8. The van der Waals surface area contributed by atoms with E-state index in [0.717, 1.165) is 49.3 Å². The van der Waals surface area contributed by atoms with Gasteiger partial charge in [-0.25, -0.2) is 9.78 Å². The van der Waals surface area contributed by atoms with Crippen molar-refractivity contribution in [2.75, 3.05) is 18.0 Å². The molecule has 0 atom stereocenters. The van der Waals surface area contributed by atoms with Crippen LogP contribution in [-0.4, -0.2) is 29.0 Å². The van der Waals surface area contributed by atoms with Gasteiger partial charge in [0.2, 0.25) is 0 Å². The summed E-state index contributed by atoms with van der Waals surface area (Å²) in [4.78, 5) is 30.3. The Morgan fingerprint density at radius 3 is 2.55 bits per heavy atom. The predicted molar refractivity (Wildman–Crippen MR) is 120 cm³/mol. The van der Waals surface area contributed by atoms with Crippen molar-refractivity contribution in [1.29, 1.82) is 0 Å². The molecule has 0 spiro atoms.